The van der Waals surface area contributed by atoms with Crippen molar-refractivity contribution in [2.75, 3.05) is 13.7 Å². The fourth-order valence-electron chi connectivity index (χ4n) is 5.35. The molecule has 1 amide bonds. The van der Waals surface area contributed by atoms with Crippen molar-refractivity contribution in [2.45, 2.75) is 24.9 Å². The number of methoxy groups -OCH3 is 1. The Balaban J connectivity index is 1.57. The highest BCUT2D eigenvalue weighted by Gasteiger charge is 2.51. The van der Waals surface area contributed by atoms with Gasteiger partial charge in [0.05, 0.1) is 48.8 Å². The van der Waals surface area contributed by atoms with Crippen LogP contribution in [0.15, 0.2) is 66.3 Å². The number of carbonyl (C=O) groups excluding carboxylic acids is 1. The number of amides is 1. The summed E-state index contributed by atoms with van der Waals surface area (Å²) in [6.45, 7) is 2.19. The molecule has 40 heavy (non-hydrogen) atoms. The number of benzene rings is 1. The van der Waals surface area contributed by atoms with Gasteiger partial charge >= 0.3 is 0 Å². The van der Waals surface area contributed by atoms with Crippen LogP contribution in [0.5, 0.6) is 0 Å². The van der Waals surface area contributed by atoms with Crippen LogP contribution in [0.25, 0.3) is 22.3 Å². The van der Waals surface area contributed by atoms with E-state index in [0.29, 0.717) is 36.6 Å². The first-order chi connectivity index (χ1) is 19.5. The Labute approximate surface area is 229 Å². The van der Waals surface area contributed by atoms with Crippen molar-refractivity contribution in [1.29, 1.82) is 0 Å². The van der Waals surface area contributed by atoms with Crippen molar-refractivity contribution >= 4 is 23.2 Å². The Bertz CT molecular complexity index is 1700. The third kappa shape index (κ3) is 4.13. The van der Waals surface area contributed by atoms with Gasteiger partial charge in [0.2, 0.25) is 12.3 Å². The third-order valence-corrected chi connectivity index (χ3v) is 7.23. The molecule has 12 heteroatoms. The number of imidazole rings is 1. The standard InChI is InChI=1S/C28H28FN9O2/c1-4-38(16-39)36-27(40-3)28(17-12-32-37(2)15-17)25-20(19-7-5-6-8-21(19)33-25)11-23(35-28)26-31-14-24(34-26)22-10-9-18(29)13-30-22/h5-10,12-16,23,33,35H,4,11H2,1-3H3,(H,31,34)/b36-27-/t23-,28?/m1/s1. The van der Waals surface area contributed by atoms with E-state index in [9.17, 15) is 9.18 Å². The number of halogens is 1. The van der Waals surface area contributed by atoms with Crippen molar-refractivity contribution in [3.63, 3.8) is 0 Å². The van der Waals surface area contributed by atoms with E-state index >= 15 is 0 Å². The molecule has 0 bridgehead atoms. The molecule has 1 aromatic carbocycles. The summed E-state index contributed by atoms with van der Waals surface area (Å²) < 4.78 is 21.2. The predicted octanol–water partition coefficient (Wildman–Crippen LogP) is 3.39. The lowest BCUT2D eigenvalue weighted by atomic mass is 9.79. The van der Waals surface area contributed by atoms with Crippen LogP contribution in [0.1, 0.15) is 35.6 Å². The Morgan fingerprint density at radius 2 is 2.08 bits per heavy atom. The number of hydrazone groups is 1. The molecule has 6 rings (SSSR count). The average Bonchev–Trinajstić information content (AvgIpc) is 3.73. The van der Waals surface area contributed by atoms with E-state index in [1.54, 1.807) is 23.1 Å². The van der Waals surface area contributed by atoms with E-state index in [1.807, 2.05) is 38.4 Å². The molecule has 0 saturated heterocycles. The van der Waals surface area contributed by atoms with E-state index in [2.05, 4.69) is 41.5 Å². The first-order valence-electron chi connectivity index (χ1n) is 12.9. The van der Waals surface area contributed by atoms with Gasteiger partial charge in [-0.15, -0.1) is 5.10 Å². The number of aromatic amines is 2. The van der Waals surface area contributed by atoms with Crippen LogP contribution in [0.2, 0.25) is 0 Å². The molecule has 0 radical (unpaired) electrons. The van der Waals surface area contributed by atoms with Crippen LogP contribution < -0.4 is 5.32 Å². The van der Waals surface area contributed by atoms with Gasteiger partial charge < -0.3 is 14.7 Å². The first kappa shape index (κ1) is 25.4. The number of nitrogens with one attached hydrogen (secondary N) is 3. The highest BCUT2D eigenvalue weighted by molar-refractivity contribution is 5.96. The molecule has 3 N–H and O–H groups in total. The second kappa shape index (κ2) is 10.0. The smallest absolute Gasteiger partial charge is 0.237 e. The zero-order valence-electron chi connectivity index (χ0n) is 22.2. The molecular weight excluding hydrogens is 513 g/mol. The fraction of sp³-hybridized carbons (Fsp3) is 0.250. The number of hydrogen-bond donors (Lipinski definition) is 3. The highest BCUT2D eigenvalue weighted by Crippen LogP contribution is 2.44. The maximum Gasteiger partial charge on any atom is 0.237 e. The van der Waals surface area contributed by atoms with Gasteiger partial charge in [-0.25, -0.2) is 14.4 Å². The van der Waals surface area contributed by atoms with Crippen LogP contribution in [0.3, 0.4) is 0 Å². The zero-order chi connectivity index (χ0) is 27.9. The summed E-state index contributed by atoms with van der Waals surface area (Å²) in [5.74, 6) is 0.510. The van der Waals surface area contributed by atoms with Gasteiger partial charge in [-0.3, -0.25) is 19.8 Å². The van der Waals surface area contributed by atoms with Crippen molar-refractivity contribution in [3.05, 3.63) is 89.6 Å². The first-order valence-corrected chi connectivity index (χ1v) is 12.9. The lowest BCUT2D eigenvalue weighted by Crippen LogP contribution is -2.56. The number of para-hydroxylation sites is 1. The van der Waals surface area contributed by atoms with Gasteiger partial charge in [0.25, 0.3) is 0 Å². The number of H-pyrrole nitrogens is 2. The monoisotopic (exact) mass is 541 g/mol. The summed E-state index contributed by atoms with van der Waals surface area (Å²) in [6.07, 6.45) is 7.77. The summed E-state index contributed by atoms with van der Waals surface area (Å²) in [6, 6.07) is 10.7. The van der Waals surface area contributed by atoms with Crippen molar-refractivity contribution < 1.29 is 13.9 Å². The molecule has 1 unspecified atom stereocenters. The van der Waals surface area contributed by atoms with Crippen LogP contribution in [-0.4, -0.2) is 60.7 Å². The minimum Gasteiger partial charge on any atom is -0.481 e. The highest BCUT2D eigenvalue weighted by atomic mass is 19.1. The van der Waals surface area contributed by atoms with Crippen LogP contribution in [-0.2, 0) is 28.5 Å². The lowest BCUT2D eigenvalue weighted by Gasteiger charge is -2.41. The van der Waals surface area contributed by atoms with Crippen molar-refractivity contribution in [1.82, 2.24) is 40.0 Å². The van der Waals surface area contributed by atoms with E-state index in [0.717, 1.165) is 27.7 Å². The minimum absolute atomic E-state index is 0.263. The van der Waals surface area contributed by atoms with E-state index in [4.69, 9.17) is 4.74 Å². The number of nitrogens with zero attached hydrogens (tertiary/aromatic N) is 6. The molecule has 0 aliphatic carbocycles. The summed E-state index contributed by atoms with van der Waals surface area (Å²) in [5, 5.41) is 15.2. The van der Waals surface area contributed by atoms with E-state index in [1.165, 1.54) is 24.4 Å². The van der Waals surface area contributed by atoms with Gasteiger partial charge in [0.15, 0.2) is 5.54 Å². The van der Waals surface area contributed by atoms with E-state index in [-0.39, 0.29) is 11.9 Å². The molecule has 2 atom stereocenters. The van der Waals surface area contributed by atoms with Crippen molar-refractivity contribution in [2.24, 2.45) is 12.1 Å². The topological polar surface area (TPSA) is 129 Å². The van der Waals surface area contributed by atoms with Gasteiger partial charge in [-0.05, 0) is 37.1 Å². The van der Waals surface area contributed by atoms with Gasteiger partial charge in [-0.1, -0.05) is 18.2 Å². The van der Waals surface area contributed by atoms with Crippen LogP contribution in [0, 0.1) is 5.82 Å². The zero-order valence-corrected chi connectivity index (χ0v) is 22.2. The average molecular weight is 542 g/mol. The molecule has 1 aliphatic heterocycles. The normalized spacial score (nSPS) is 19.0. The van der Waals surface area contributed by atoms with Crippen LogP contribution >= 0.6 is 0 Å². The van der Waals surface area contributed by atoms with Crippen LogP contribution in [0.4, 0.5) is 4.39 Å². The molecule has 0 spiro atoms. The summed E-state index contributed by atoms with van der Waals surface area (Å²) >= 11 is 0. The number of hydrogen-bond acceptors (Lipinski definition) is 7. The molecule has 204 valence electrons. The van der Waals surface area contributed by atoms with E-state index < -0.39 is 11.4 Å². The molecule has 4 aromatic heterocycles. The Hall–Kier alpha value is -4.84. The minimum atomic E-state index is -1.15. The molecule has 1 aliphatic rings. The quantitative estimate of drug-likeness (QED) is 0.125. The van der Waals surface area contributed by atoms with Gasteiger partial charge in [0, 0.05) is 36.3 Å². The molecule has 11 nitrogen and oxygen atoms in total. The Morgan fingerprint density at radius 3 is 2.77 bits per heavy atom. The third-order valence-electron chi connectivity index (χ3n) is 7.23. The summed E-state index contributed by atoms with van der Waals surface area (Å²) in [7, 11) is 3.37. The van der Waals surface area contributed by atoms with Gasteiger partial charge in [0.1, 0.15) is 11.6 Å². The maximum atomic E-state index is 13.5. The number of ether oxygens (including phenoxy) is 1. The lowest BCUT2D eigenvalue weighted by molar-refractivity contribution is -0.118. The number of carbonyl (C=O) groups is 1. The largest absolute Gasteiger partial charge is 0.481 e. The van der Waals surface area contributed by atoms with Crippen molar-refractivity contribution in [3.8, 4) is 11.4 Å². The molecule has 5 heterocycles. The second-order valence-electron chi connectivity index (χ2n) is 9.59. The number of aryl methyl sites for hydroxylation is 1. The number of aromatic nitrogens is 6. The number of pyridine rings is 1. The number of fused-ring (bicyclic) bond motifs is 3. The Morgan fingerprint density at radius 1 is 1.23 bits per heavy atom. The number of rotatable bonds is 7. The maximum absolute atomic E-state index is 13.5. The molecule has 5 aromatic rings. The Kier molecular flexibility index (Phi) is 6.39. The molecule has 0 fully saturated rings. The molecular formula is C28H28FN9O2. The van der Waals surface area contributed by atoms with Gasteiger partial charge in [-0.2, -0.15) is 5.10 Å². The summed E-state index contributed by atoms with van der Waals surface area (Å²) in [5.41, 5.74) is 3.70. The SMILES string of the molecule is CCN(C=O)/N=C(\OC)C1(c2cnn(C)c2)N[C@@H](c2ncc(-c3ccc(F)cn3)[nH]2)Cc2c1[nH]c1ccccc21. The molecule has 0 saturated carbocycles. The predicted molar refractivity (Wildman–Crippen MR) is 147 cm³/mol. The second-order valence-corrected chi connectivity index (χ2v) is 9.59. The summed E-state index contributed by atoms with van der Waals surface area (Å²) in [4.78, 5) is 27.7. The fourth-order valence-corrected chi connectivity index (χ4v) is 5.35.